The largest absolute Gasteiger partial charge is 0.494 e. The number of aliphatic carboxylic acids is 1. The van der Waals surface area contributed by atoms with Gasteiger partial charge >= 0.3 is 5.97 Å². The first-order valence-corrected chi connectivity index (χ1v) is 10.7. The zero-order valence-corrected chi connectivity index (χ0v) is 17.6. The van der Waals surface area contributed by atoms with Crippen LogP contribution < -0.4 is 9.47 Å². The molecular weight excluding hydrogens is 396 g/mol. The quantitative estimate of drug-likeness (QED) is 0.422. The Hall–Kier alpha value is -3.18. The van der Waals surface area contributed by atoms with Gasteiger partial charge in [0.2, 0.25) is 0 Å². The fourth-order valence-corrected chi connectivity index (χ4v) is 3.69. The Balaban J connectivity index is 1.72. The van der Waals surface area contributed by atoms with E-state index < -0.39 is 5.97 Å². The summed E-state index contributed by atoms with van der Waals surface area (Å²) in [5.41, 5.74) is 3.48. The minimum atomic E-state index is -0.985. The van der Waals surface area contributed by atoms with Gasteiger partial charge in [0.15, 0.2) is 6.61 Å². The van der Waals surface area contributed by atoms with E-state index in [1.54, 1.807) is 23.9 Å². The number of hydrogen-bond acceptors (Lipinski definition) is 4. The lowest BCUT2D eigenvalue weighted by atomic mass is 9.98. The zero-order chi connectivity index (χ0) is 21.2. The molecule has 0 fully saturated rings. The highest BCUT2D eigenvalue weighted by Gasteiger charge is 2.06. The van der Waals surface area contributed by atoms with E-state index in [1.165, 1.54) is 11.1 Å². The van der Waals surface area contributed by atoms with Crippen molar-refractivity contribution in [2.75, 3.05) is 19.0 Å². The summed E-state index contributed by atoms with van der Waals surface area (Å²) >= 11 is 1.71. The molecule has 0 radical (unpaired) electrons. The molecule has 0 heterocycles. The van der Waals surface area contributed by atoms with Crippen molar-refractivity contribution in [3.63, 3.8) is 0 Å². The normalized spacial score (nSPS) is 11.2. The lowest BCUT2D eigenvalue weighted by Gasteiger charge is -2.10. The van der Waals surface area contributed by atoms with Crippen molar-refractivity contribution in [1.29, 1.82) is 0 Å². The predicted octanol–water partition coefficient (Wildman–Crippen LogP) is 5.77. The molecule has 0 saturated carbocycles. The number of carbonyl (C=O) groups is 1. The van der Waals surface area contributed by atoms with Crippen LogP contribution in [0.25, 0.3) is 5.57 Å². The third-order valence-electron chi connectivity index (χ3n) is 4.28. The highest BCUT2D eigenvalue weighted by atomic mass is 32.2. The van der Waals surface area contributed by atoms with Crippen LogP contribution in [-0.4, -0.2) is 30.0 Å². The molecular formula is C25H24O4S. The Kier molecular flexibility index (Phi) is 7.98. The molecule has 0 spiro atoms. The van der Waals surface area contributed by atoms with Crippen molar-refractivity contribution in [2.24, 2.45) is 0 Å². The molecule has 1 N–H and O–H groups in total. The first-order chi connectivity index (χ1) is 14.7. The molecule has 30 heavy (non-hydrogen) atoms. The Bertz CT molecular complexity index is 964. The van der Waals surface area contributed by atoms with Crippen LogP contribution in [-0.2, 0) is 4.79 Å². The Labute approximate surface area is 181 Å². The number of hydrogen-bond donors (Lipinski definition) is 1. The first kappa shape index (κ1) is 21.5. The molecule has 0 aliphatic carbocycles. The van der Waals surface area contributed by atoms with Crippen LogP contribution in [0, 0.1) is 0 Å². The van der Waals surface area contributed by atoms with Crippen molar-refractivity contribution in [2.45, 2.75) is 11.8 Å². The van der Waals surface area contributed by atoms with E-state index in [0.717, 1.165) is 22.0 Å². The van der Waals surface area contributed by atoms with Crippen molar-refractivity contribution in [3.8, 4) is 11.5 Å². The van der Waals surface area contributed by atoms with E-state index in [4.69, 9.17) is 14.6 Å². The van der Waals surface area contributed by atoms with E-state index in [2.05, 4.69) is 30.3 Å². The van der Waals surface area contributed by atoms with Gasteiger partial charge < -0.3 is 14.6 Å². The maximum atomic E-state index is 10.6. The topological polar surface area (TPSA) is 55.8 Å². The molecule has 154 valence electrons. The smallest absolute Gasteiger partial charge is 0.341 e. The summed E-state index contributed by atoms with van der Waals surface area (Å²) in [6.45, 7) is 2.29. The molecule has 0 bridgehead atoms. The first-order valence-electron chi connectivity index (χ1n) is 9.72. The van der Waals surface area contributed by atoms with Gasteiger partial charge in [-0.3, -0.25) is 0 Å². The summed E-state index contributed by atoms with van der Waals surface area (Å²) in [6, 6.07) is 26.0. The maximum Gasteiger partial charge on any atom is 0.341 e. The van der Waals surface area contributed by atoms with Gasteiger partial charge in [0.1, 0.15) is 11.5 Å². The van der Waals surface area contributed by atoms with Crippen molar-refractivity contribution >= 4 is 23.3 Å². The number of ether oxygens (including phenoxy) is 2. The van der Waals surface area contributed by atoms with Crippen LogP contribution in [0.3, 0.4) is 0 Å². The summed E-state index contributed by atoms with van der Waals surface area (Å²) < 4.78 is 10.7. The summed E-state index contributed by atoms with van der Waals surface area (Å²) in [7, 11) is 0. The van der Waals surface area contributed by atoms with Gasteiger partial charge in [-0.2, -0.15) is 0 Å². The zero-order valence-electron chi connectivity index (χ0n) is 16.8. The minimum Gasteiger partial charge on any atom is -0.494 e. The van der Waals surface area contributed by atoms with Gasteiger partial charge in [-0.25, -0.2) is 4.79 Å². The Morgan fingerprint density at radius 1 is 0.867 bits per heavy atom. The van der Waals surface area contributed by atoms with Crippen LogP contribution in [0.15, 0.2) is 89.8 Å². The summed E-state index contributed by atoms with van der Waals surface area (Å²) in [5, 5.41) is 8.68. The summed E-state index contributed by atoms with van der Waals surface area (Å²) in [6.07, 6.45) is 2.23. The van der Waals surface area contributed by atoms with Gasteiger partial charge in [-0.05, 0) is 60.0 Å². The molecule has 0 atom stereocenters. The van der Waals surface area contributed by atoms with E-state index >= 15 is 0 Å². The standard InChI is InChI=1S/C25H24O4S/c1-2-28-21-10-8-20(9-11-21)24(19-6-4-3-5-7-19)16-17-30-23-14-12-22(13-15-23)29-18-25(26)27/h3-16H,2,17-18H2,1H3,(H,26,27)/b24-16-. The van der Waals surface area contributed by atoms with Crippen molar-refractivity contribution < 1.29 is 19.4 Å². The molecule has 0 saturated heterocycles. The van der Waals surface area contributed by atoms with Gasteiger partial charge in [0.05, 0.1) is 6.61 Å². The predicted molar refractivity (Wildman–Crippen MR) is 121 cm³/mol. The lowest BCUT2D eigenvalue weighted by molar-refractivity contribution is -0.139. The van der Waals surface area contributed by atoms with Crippen LogP contribution in [0.4, 0.5) is 0 Å². The fraction of sp³-hybridized carbons (Fsp3) is 0.160. The second-order valence-corrected chi connectivity index (χ2v) is 7.50. The number of rotatable bonds is 10. The minimum absolute atomic E-state index is 0.336. The molecule has 0 unspecified atom stereocenters. The van der Waals surface area contributed by atoms with Crippen LogP contribution in [0.1, 0.15) is 18.1 Å². The number of thioether (sulfide) groups is 1. The second-order valence-electron chi connectivity index (χ2n) is 6.41. The molecule has 3 aromatic rings. The van der Waals surface area contributed by atoms with Gasteiger partial charge in [-0.15, -0.1) is 11.8 Å². The van der Waals surface area contributed by atoms with Gasteiger partial charge in [0, 0.05) is 10.6 Å². The van der Waals surface area contributed by atoms with Crippen LogP contribution >= 0.6 is 11.8 Å². The van der Waals surface area contributed by atoms with E-state index in [1.807, 2.05) is 49.4 Å². The van der Waals surface area contributed by atoms with Crippen LogP contribution in [0.2, 0.25) is 0 Å². The third kappa shape index (κ3) is 6.42. The highest BCUT2D eigenvalue weighted by molar-refractivity contribution is 7.99. The van der Waals surface area contributed by atoms with Crippen LogP contribution in [0.5, 0.6) is 11.5 Å². The molecule has 3 aromatic carbocycles. The van der Waals surface area contributed by atoms with Crippen molar-refractivity contribution in [1.82, 2.24) is 0 Å². The molecule has 4 nitrogen and oxygen atoms in total. The van der Waals surface area contributed by atoms with E-state index in [-0.39, 0.29) is 6.61 Å². The molecule has 5 heteroatoms. The number of carboxylic acids is 1. The number of benzene rings is 3. The maximum absolute atomic E-state index is 10.6. The van der Waals surface area contributed by atoms with E-state index in [9.17, 15) is 4.79 Å². The summed E-state index contributed by atoms with van der Waals surface area (Å²) in [4.78, 5) is 11.7. The Morgan fingerprint density at radius 3 is 2.10 bits per heavy atom. The number of carboxylic acid groups (broad SMARTS) is 1. The molecule has 0 aromatic heterocycles. The highest BCUT2D eigenvalue weighted by Crippen LogP contribution is 2.28. The second kappa shape index (κ2) is 11.1. The molecule has 0 aliphatic heterocycles. The Morgan fingerprint density at radius 2 is 1.47 bits per heavy atom. The molecule has 3 rings (SSSR count). The third-order valence-corrected chi connectivity index (χ3v) is 5.22. The monoisotopic (exact) mass is 420 g/mol. The SMILES string of the molecule is CCOc1ccc(/C(=C\CSc2ccc(OCC(=O)O)cc2)c2ccccc2)cc1. The summed E-state index contributed by atoms with van der Waals surface area (Å²) in [5.74, 6) is 1.23. The fourth-order valence-electron chi connectivity index (χ4n) is 2.92. The average Bonchev–Trinajstić information content (AvgIpc) is 2.78. The molecule has 0 aliphatic rings. The van der Waals surface area contributed by atoms with Crippen molar-refractivity contribution in [3.05, 3.63) is 96.1 Å². The van der Waals surface area contributed by atoms with Gasteiger partial charge in [-0.1, -0.05) is 48.5 Å². The average molecular weight is 421 g/mol. The van der Waals surface area contributed by atoms with Gasteiger partial charge in [0.25, 0.3) is 0 Å². The molecule has 0 amide bonds. The van der Waals surface area contributed by atoms with E-state index in [0.29, 0.717) is 12.4 Å². The lowest BCUT2D eigenvalue weighted by Crippen LogP contribution is -2.09.